The Morgan fingerprint density at radius 1 is 1.03 bits per heavy atom. The van der Waals surface area contributed by atoms with Crippen molar-refractivity contribution in [1.29, 1.82) is 0 Å². The molecule has 2 aromatic heterocycles. The number of anilines is 2. The van der Waals surface area contributed by atoms with E-state index in [4.69, 9.17) is 9.51 Å². The van der Waals surface area contributed by atoms with Crippen molar-refractivity contribution in [3.8, 4) is 11.3 Å². The minimum absolute atomic E-state index is 0.110. The lowest BCUT2D eigenvalue weighted by atomic mass is 10.1. The van der Waals surface area contributed by atoms with Crippen molar-refractivity contribution in [3.05, 3.63) is 64.9 Å². The number of nitrogens with zero attached hydrogens (tertiary/aromatic N) is 5. The van der Waals surface area contributed by atoms with E-state index in [1.165, 1.54) is 0 Å². The number of halogens is 1. The molecule has 174 valence electrons. The second-order valence-electron chi connectivity index (χ2n) is 8.17. The van der Waals surface area contributed by atoms with Crippen molar-refractivity contribution >= 4 is 44.6 Å². The minimum Gasteiger partial charge on any atom is -0.352 e. The number of para-hydroxylation sites is 1. The number of aryl methyl sites for hydroxylation is 1. The van der Waals surface area contributed by atoms with Crippen molar-refractivity contribution in [2.75, 3.05) is 36.4 Å². The molecule has 0 spiro atoms. The summed E-state index contributed by atoms with van der Waals surface area (Å²) in [6.07, 6.45) is 1.70. The second-order valence-corrected chi connectivity index (χ2v) is 9.03. The van der Waals surface area contributed by atoms with E-state index in [0.29, 0.717) is 31.9 Å². The zero-order valence-electron chi connectivity index (χ0n) is 18.9. The Hall–Kier alpha value is -3.46. The van der Waals surface area contributed by atoms with Gasteiger partial charge < -0.3 is 19.6 Å². The highest BCUT2D eigenvalue weighted by Gasteiger charge is 2.27. The van der Waals surface area contributed by atoms with Gasteiger partial charge in [0.25, 0.3) is 5.71 Å². The summed E-state index contributed by atoms with van der Waals surface area (Å²) in [6.45, 7) is 4.57. The molecule has 2 aromatic carbocycles. The van der Waals surface area contributed by atoms with Gasteiger partial charge >= 0.3 is 6.03 Å². The molecule has 1 saturated heterocycles. The molecule has 0 unspecified atom stereocenters. The predicted molar refractivity (Wildman–Crippen MR) is 136 cm³/mol. The molecule has 9 heteroatoms. The summed E-state index contributed by atoms with van der Waals surface area (Å²) in [7, 11) is 0. The molecule has 5 rings (SSSR count). The zero-order valence-corrected chi connectivity index (χ0v) is 20.5. The van der Waals surface area contributed by atoms with Crippen LogP contribution in [0.4, 0.5) is 16.3 Å². The Labute approximate surface area is 206 Å². The van der Waals surface area contributed by atoms with Crippen molar-refractivity contribution in [3.63, 3.8) is 0 Å². The Bertz CT molecular complexity index is 1300. The fraction of sp³-hybridized carbons (Fsp3) is 0.280. The van der Waals surface area contributed by atoms with E-state index in [-0.39, 0.29) is 6.03 Å². The van der Waals surface area contributed by atoms with E-state index in [1.807, 2.05) is 59.5 Å². The SMILES string of the molecule is CCCc1nc(N2CCN(C(=O)Nc3ccccc3Br)CC2)c2c(-c3ccccc3)noc2n1. The average Bonchev–Trinajstić information content (AvgIpc) is 3.30. The monoisotopic (exact) mass is 520 g/mol. The molecule has 8 nitrogen and oxygen atoms in total. The maximum absolute atomic E-state index is 12.8. The van der Waals surface area contributed by atoms with Gasteiger partial charge in [0.1, 0.15) is 22.7 Å². The minimum atomic E-state index is -0.110. The first-order valence-corrected chi connectivity index (χ1v) is 12.2. The number of fused-ring (bicyclic) bond motifs is 1. The number of benzene rings is 2. The first-order valence-electron chi connectivity index (χ1n) is 11.4. The molecule has 2 amide bonds. The molecule has 0 radical (unpaired) electrons. The van der Waals surface area contributed by atoms with E-state index >= 15 is 0 Å². The van der Waals surface area contributed by atoms with E-state index in [2.05, 4.69) is 43.2 Å². The topological polar surface area (TPSA) is 87.4 Å². The number of amides is 2. The number of piperazine rings is 1. The molecule has 0 bridgehead atoms. The normalized spacial score (nSPS) is 13.9. The van der Waals surface area contributed by atoms with Gasteiger partial charge in [0, 0.05) is 42.6 Å². The molecule has 4 aromatic rings. The first-order chi connectivity index (χ1) is 16.6. The number of nitrogens with one attached hydrogen (secondary N) is 1. The Balaban J connectivity index is 1.40. The smallest absolute Gasteiger partial charge is 0.321 e. The highest BCUT2D eigenvalue weighted by Crippen LogP contribution is 2.34. The summed E-state index contributed by atoms with van der Waals surface area (Å²) in [4.78, 5) is 26.4. The van der Waals surface area contributed by atoms with Crippen molar-refractivity contribution in [2.24, 2.45) is 0 Å². The van der Waals surface area contributed by atoms with Crippen LogP contribution in [0.5, 0.6) is 0 Å². The molecule has 1 aliphatic heterocycles. The van der Waals surface area contributed by atoms with Crippen LogP contribution < -0.4 is 10.2 Å². The van der Waals surface area contributed by atoms with Crippen molar-refractivity contribution in [1.82, 2.24) is 20.0 Å². The summed E-state index contributed by atoms with van der Waals surface area (Å²) < 4.78 is 6.51. The third kappa shape index (κ3) is 4.48. The molecule has 0 aliphatic carbocycles. The Morgan fingerprint density at radius 2 is 1.76 bits per heavy atom. The van der Waals surface area contributed by atoms with Gasteiger partial charge in [-0.3, -0.25) is 0 Å². The lowest BCUT2D eigenvalue weighted by Crippen LogP contribution is -2.50. The van der Waals surface area contributed by atoms with E-state index in [9.17, 15) is 4.79 Å². The quantitative estimate of drug-likeness (QED) is 0.381. The lowest BCUT2D eigenvalue weighted by molar-refractivity contribution is 0.208. The largest absolute Gasteiger partial charge is 0.352 e. The maximum Gasteiger partial charge on any atom is 0.321 e. The number of aromatic nitrogens is 3. The number of rotatable bonds is 5. The number of urea groups is 1. The molecule has 1 N–H and O–H groups in total. The number of hydrogen-bond donors (Lipinski definition) is 1. The Kier molecular flexibility index (Phi) is 6.44. The van der Waals surface area contributed by atoms with Crippen LogP contribution in [0.3, 0.4) is 0 Å². The number of carbonyl (C=O) groups excluding carboxylic acids is 1. The lowest BCUT2D eigenvalue weighted by Gasteiger charge is -2.35. The van der Waals surface area contributed by atoms with E-state index in [0.717, 1.165) is 51.3 Å². The standard InChI is InChI=1S/C25H25BrN6O2/c1-2-8-20-28-23(21-22(30-34-24(21)29-20)17-9-4-3-5-10-17)31-13-15-32(16-14-31)25(33)27-19-12-7-6-11-18(19)26/h3-7,9-12H,2,8,13-16H2,1H3,(H,27,33). The van der Waals surface area contributed by atoms with Gasteiger partial charge in [-0.2, -0.15) is 4.98 Å². The molecule has 1 fully saturated rings. The number of hydrogen-bond acceptors (Lipinski definition) is 6. The van der Waals surface area contributed by atoms with Gasteiger partial charge in [-0.25, -0.2) is 9.78 Å². The molecule has 1 aliphatic rings. The molecule has 0 atom stereocenters. The predicted octanol–water partition coefficient (Wildman–Crippen LogP) is 5.35. The molecular formula is C25H25BrN6O2. The van der Waals surface area contributed by atoms with E-state index in [1.54, 1.807) is 0 Å². The van der Waals surface area contributed by atoms with Gasteiger partial charge in [0.05, 0.1) is 5.69 Å². The van der Waals surface area contributed by atoms with Crippen LogP contribution in [0, 0.1) is 0 Å². The molecular weight excluding hydrogens is 496 g/mol. The second kappa shape index (κ2) is 9.80. The van der Waals surface area contributed by atoms with Crippen LogP contribution >= 0.6 is 15.9 Å². The summed E-state index contributed by atoms with van der Waals surface area (Å²) in [5, 5.41) is 8.14. The third-order valence-electron chi connectivity index (χ3n) is 5.87. The van der Waals surface area contributed by atoms with Gasteiger partial charge in [-0.1, -0.05) is 54.5 Å². The van der Waals surface area contributed by atoms with Crippen LogP contribution in [-0.2, 0) is 6.42 Å². The van der Waals surface area contributed by atoms with E-state index < -0.39 is 0 Å². The fourth-order valence-corrected chi connectivity index (χ4v) is 4.50. The highest BCUT2D eigenvalue weighted by molar-refractivity contribution is 9.10. The van der Waals surface area contributed by atoms with Crippen molar-refractivity contribution < 1.29 is 9.32 Å². The summed E-state index contributed by atoms with van der Waals surface area (Å²) in [5.74, 6) is 1.56. The van der Waals surface area contributed by atoms with Crippen LogP contribution in [0.1, 0.15) is 19.2 Å². The summed E-state index contributed by atoms with van der Waals surface area (Å²) >= 11 is 3.48. The Morgan fingerprint density at radius 3 is 2.50 bits per heavy atom. The fourth-order valence-electron chi connectivity index (χ4n) is 4.12. The zero-order chi connectivity index (χ0) is 23.5. The van der Waals surface area contributed by atoms with Crippen LogP contribution in [0.15, 0.2) is 63.6 Å². The number of carbonyl (C=O) groups is 1. The average molecular weight is 521 g/mol. The van der Waals surface area contributed by atoms with Crippen LogP contribution in [0.25, 0.3) is 22.4 Å². The summed E-state index contributed by atoms with van der Waals surface area (Å²) in [5.41, 5.74) is 2.96. The molecule has 0 saturated carbocycles. The molecule has 34 heavy (non-hydrogen) atoms. The van der Waals surface area contributed by atoms with Crippen molar-refractivity contribution in [2.45, 2.75) is 19.8 Å². The van der Waals surface area contributed by atoms with Gasteiger partial charge in [-0.15, -0.1) is 0 Å². The van der Waals surface area contributed by atoms with Gasteiger partial charge in [0.2, 0.25) is 0 Å². The van der Waals surface area contributed by atoms with Gasteiger partial charge in [0.15, 0.2) is 0 Å². The third-order valence-corrected chi connectivity index (χ3v) is 6.56. The van der Waals surface area contributed by atoms with Gasteiger partial charge in [-0.05, 0) is 34.5 Å². The summed E-state index contributed by atoms with van der Waals surface area (Å²) in [6, 6.07) is 17.4. The van der Waals surface area contributed by atoms with Crippen LogP contribution in [0.2, 0.25) is 0 Å². The first kappa shape index (κ1) is 22.3. The highest BCUT2D eigenvalue weighted by atomic mass is 79.9. The maximum atomic E-state index is 12.8. The van der Waals surface area contributed by atoms with Crippen LogP contribution in [-0.4, -0.2) is 52.2 Å². The molecule has 3 heterocycles.